The number of aromatic nitrogens is 2. The molecule has 1 aromatic rings. The summed E-state index contributed by atoms with van der Waals surface area (Å²) in [4.78, 5) is 13.8. The Balaban J connectivity index is 2.63. The maximum absolute atomic E-state index is 11.8. The van der Waals surface area contributed by atoms with Gasteiger partial charge in [0.25, 0.3) is 0 Å². The number of esters is 1. The lowest BCUT2D eigenvalue weighted by Gasteiger charge is -2.25. The van der Waals surface area contributed by atoms with Crippen molar-refractivity contribution in [3.05, 3.63) is 18.0 Å². The zero-order valence-corrected chi connectivity index (χ0v) is 11.7. The fourth-order valence-corrected chi connectivity index (χ4v) is 2.00. The van der Waals surface area contributed by atoms with E-state index >= 15 is 0 Å². The van der Waals surface area contributed by atoms with Gasteiger partial charge >= 0.3 is 5.97 Å². The minimum absolute atomic E-state index is 0.158. The lowest BCUT2D eigenvalue weighted by Crippen LogP contribution is -2.38. The highest BCUT2D eigenvalue weighted by molar-refractivity contribution is 5.75. The van der Waals surface area contributed by atoms with Crippen molar-refractivity contribution in [2.75, 3.05) is 14.2 Å². The third kappa shape index (κ3) is 4.14. The van der Waals surface area contributed by atoms with Gasteiger partial charge in [-0.3, -0.25) is 14.4 Å². The minimum atomic E-state index is -0.171. The Morgan fingerprint density at radius 1 is 1.61 bits per heavy atom. The van der Waals surface area contributed by atoms with Gasteiger partial charge in [-0.05, 0) is 13.5 Å². The summed E-state index contributed by atoms with van der Waals surface area (Å²) in [5.74, 6) is -0.158. The second kappa shape index (κ2) is 7.16. The quantitative estimate of drug-likeness (QED) is 0.692. The number of rotatable bonds is 7. The van der Waals surface area contributed by atoms with Crippen LogP contribution in [-0.2, 0) is 23.1 Å². The monoisotopic (exact) mass is 253 g/mol. The summed E-state index contributed by atoms with van der Waals surface area (Å²) in [6.07, 6.45) is 6.72. The predicted molar refractivity (Wildman–Crippen MR) is 70.0 cm³/mol. The van der Waals surface area contributed by atoms with Gasteiger partial charge in [0, 0.05) is 25.4 Å². The fraction of sp³-hybridized carbons (Fsp3) is 0.692. The van der Waals surface area contributed by atoms with Gasteiger partial charge < -0.3 is 4.74 Å². The van der Waals surface area contributed by atoms with E-state index in [9.17, 15) is 4.79 Å². The maximum Gasteiger partial charge on any atom is 0.323 e. The molecule has 0 aliphatic rings. The predicted octanol–water partition coefficient (Wildman–Crippen LogP) is 1.58. The molecule has 0 aliphatic carbocycles. The molecular formula is C13H23N3O2. The Hall–Kier alpha value is -1.36. The van der Waals surface area contributed by atoms with Gasteiger partial charge in [-0.25, -0.2) is 0 Å². The van der Waals surface area contributed by atoms with E-state index in [2.05, 4.69) is 12.0 Å². The lowest BCUT2D eigenvalue weighted by molar-refractivity contribution is -0.147. The van der Waals surface area contributed by atoms with E-state index < -0.39 is 0 Å². The van der Waals surface area contributed by atoms with E-state index in [0.717, 1.165) is 24.8 Å². The molecule has 1 rings (SSSR count). The molecule has 0 aromatic carbocycles. The molecule has 0 radical (unpaired) electrons. The van der Waals surface area contributed by atoms with Crippen LogP contribution in [0.15, 0.2) is 12.4 Å². The van der Waals surface area contributed by atoms with Crippen LogP contribution in [-0.4, -0.2) is 40.8 Å². The normalized spacial score (nSPS) is 12.7. The summed E-state index contributed by atoms with van der Waals surface area (Å²) in [5, 5.41) is 4.13. The van der Waals surface area contributed by atoms with E-state index in [0.29, 0.717) is 6.54 Å². The SMILES string of the molecule is CCCCC(C(=O)OC)N(C)Cc1cnn(C)c1. The highest BCUT2D eigenvalue weighted by Gasteiger charge is 2.23. The molecule has 102 valence electrons. The summed E-state index contributed by atoms with van der Waals surface area (Å²) in [6.45, 7) is 2.83. The molecule has 1 unspecified atom stereocenters. The molecule has 1 aromatic heterocycles. The van der Waals surface area contributed by atoms with Crippen molar-refractivity contribution in [2.24, 2.45) is 7.05 Å². The molecule has 1 atom stereocenters. The third-order valence-corrected chi connectivity index (χ3v) is 3.03. The molecule has 0 amide bonds. The van der Waals surface area contributed by atoms with Crippen molar-refractivity contribution in [2.45, 2.75) is 38.8 Å². The molecule has 5 heteroatoms. The molecule has 5 nitrogen and oxygen atoms in total. The van der Waals surface area contributed by atoms with Gasteiger partial charge in [0.15, 0.2) is 0 Å². The van der Waals surface area contributed by atoms with Crippen LogP contribution in [0, 0.1) is 0 Å². The topological polar surface area (TPSA) is 47.4 Å². The Morgan fingerprint density at radius 3 is 2.83 bits per heavy atom. The molecule has 0 fully saturated rings. The summed E-state index contributed by atoms with van der Waals surface area (Å²) >= 11 is 0. The standard InChI is InChI=1S/C13H23N3O2/c1-5-6-7-12(13(17)18-4)15(2)9-11-8-14-16(3)10-11/h8,10,12H,5-7,9H2,1-4H3. The number of hydrogen-bond donors (Lipinski definition) is 0. The van der Waals surface area contributed by atoms with E-state index in [-0.39, 0.29) is 12.0 Å². The highest BCUT2D eigenvalue weighted by atomic mass is 16.5. The molecule has 0 aliphatic heterocycles. The van der Waals surface area contributed by atoms with Crippen LogP contribution in [0.2, 0.25) is 0 Å². The zero-order valence-electron chi connectivity index (χ0n) is 11.7. The number of methoxy groups -OCH3 is 1. The zero-order chi connectivity index (χ0) is 13.5. The first kappa shape index (κ1) is 14.7. The fourth-order valence-electron chi connectivity index (χ4n) is 2.00. The average Bonchev–Trinajstić information content (AvgIpc) is 2.74. The van der Waals surface area contributed by atoms with E-state index in [1.165, 1.54) is 7.11 Å². The Bertz CT molecular complexity index is 376. The molecule has 0 spiro atoms. The number of unbranched alkanes of at least 4 members (excludes halogenated alkanes) is 1. The minimum Gasteiger partial charge on any atom is -0.468 e. The molecule has 0 saturated carbocycles. The van der Waals surface area contributed by atoms with E-state index in [1.807, 2.05) is 31.4 Å². The van der Waals surface area contributed by atoms with Crippen molar-refractivity contribution in [1.82, 2.24) is 14.7 Å². The van der Waals surface area contributed by atoms with Crippen LogP contribution in [0.3, 0.4) is 0 Å². The first-order valence-electron chi connectivity index (χ1n) is 6.34. The number of likely N-dealkylation sites (N-methyl/N-ethyl adjacent to an activating group) is 1. The number of carbonyl (C=O) groups excluding carboxylic acids is 1. The van der Waals surface area contributed by atoms with Crippen LogP contribution < -0.4 is 0 Å². The van der Waals surface area contributed by atoms with Gasteiger partial charge in [0.2, 0.25) is 0 Å². The highest BCUT2D eigenvalue weighted by Crippen LogP contribution is 2.12. The Kier molecular flexibility index (Phi) is 5.85. The molecule has 0 saturated heterocycles. The summed E-state index contributed by atoms with van der Waals surface area (Å²) in [7, 11) is 5.28. The lowest BCUT2D eigenvalue weighted by atomic mass is 10.1. The smallest absolute Gasteiger partial charge is 0.323 e. The van der Waals surface area contributed by atoms with Crippen LogP contribution in [0.4, 0.5) is 0 Å². The number of hydrogen-bond acceptors (Lipinski definition) is 4. The van der Waals surface area contributed by atoms with Gasteiger partial charge in [-0.2, -0.15) is 5.10 Å². The molecule has 18 heavy (non-hydrogen) atoms. The Morgan fingerprint density at radius 2 is 2.33 bits per heavy atom. The van der Waals surface area contributed by atoms with Crippen LogP contribution in [0.5, 0.6) is 0 Å². The van der Waals surface area contributed by atoms with Gasteiger partial charge in [0.05, 0.1) is 13.3 Å². The number of aryl methyl sites for hydroxylation is 1. The van der Waals surface area contributed by atoms with Crippen molar-refractivity contribution >= 4 is 5.97 Å². The van der Waals surface area contributed by atoms with Gasteiger partial charge in [-0.15, -0.1) is 0 Å². The average molecular weight is 253 g/mol. The van der Waals surface area contributed by atoms with Crippen molar-refractivity contribution in [3.63, 3.8) is 0 Å². The Labute approximate surface area is 109 Å². The van der Waals surface area contributed by atoms with Crippen LogP contribution in [0.1, 0.15) is 31.7 Å². The van der Waals surface area contributed by atoms with Crippen LogP contribution in [0.25, 0.3) is 0 Å². The van der Waals surface area contributed by atoms with Crippen LogP contribution >= 0.6 is 0 Å². The molecule has 1 heterocycles. The summed E-state index contributed by atoms with van der Waals surface area (Å²) in [5.41, 5.74) is 1.10. The third-order valence-electron chi connectivity index (χ3n) is 3.03. The summed E-state index contributed by atoms with van der Waals surface area (Å²) < 4.78 is 6.64. The van der Waals surface area contributed by atoms with Crippen molar-refractivity contribution < 1.29 is 9.53 Å². The van der Waals surface area contributed by atoms with Gasteiger partial charge in [-0.1, -0.05) is 19.8 Å². The van der Waals surface area contributed by atoms with E-state index in [4.69, 9.17) is 4.74 Å². The first-order valence-corrected chi connectivity index (χ1v) is 6.34. The largest absolute Gasteiger partial charge is 0.468 e. The molecular weight excluding hydrogens is 230 g/mol. The second-order valence-electron chi connectivity index (χ2n) is 4.62. The second-order valence-corrected chi connectivity index (χ2v) is 4.62. The van der Waals surface area contributed by atoms with Crippen molar-refractivity contribution in [3.8, 4) is 0 Å². The van der Waals surface area contributed by atoms with E-state index in [1.54, 1.807) is 4.68 Å². The molecule has 0 N–H and O–H groups in total. The van der Waals surface area contributed by atoms with Crippen molar-refractivity contribution in [1.29, 1.82) is 0 Å². The maximum atomic E-state index is 11.8. The summed E-state index contributed by atoms with van der Waals surface area (Å²) in [6, 6.07) is -0.171. The number of nitrogens with zero attached hydrogens (tertiary/aromatic N) is 3. The molecule has 0 bridgehead atoms. The van der Waals surface area contributed by atoms with Gasteiger partial charge in [0.1, 0.15) is 6.04 Å². The number of carbonyl (C=O) groups is 1. The number of ether oxygens (including phenoxy) is 1. The first-order chi connectivity index (χ1) is 8.58.